The summed E-state index contributed by atoms with van der Waals surface area (Å²) in [6.07, 6.45) is 2.37. The van der Waals surface area contributed by atoms with Crippen LogP contribution >= 0.6 is 0 Å². The number of hydrogen-bond donors (Lipinski definition) is 1. The molecule has 1 saturated carbocycles. The molecule has 2 atom stereocenters. The molecule has 1 aliphatic heterocycles. The van der Waals surface area contributed by atoms with Gasteiger partial charge in [-0.1, -0.05) is 13.8 Å². The van der Waals surface area contributed by atoms with E-state index in [2.05, 4.69) is 18.7 Å². The van der Waals surface area contributed by atoms with E-state index in [-0.39, 0.29) is 17.1 Å². The summed E-state index contributed by atoms with van der Waals surface area (Å²) in [7, 11) is -3.07. The van der Waals surface area contributed by atoms with Crippen LogP contribution in [-0.2, 0) is 14.8 Å². The van der Waals surface area contributed by atoms with Crippen molar-refractivity contribution in [3.63, 3.8) is 0 Å². The molecule has 0 bridgehead atoms. The maximum atomic E-state index is 11.5. The molecule has 0 amide bonds. The van der Waals surface area contributed by atoms with Crippen molar-refractivity contribution in [3.8, 4) is 0 Å². The molecule has 1 aliphatic carbocycles. The summed E-state index contributed by atoms with van der Waals surface area (Å²) >= 11 is 0. The van der Waals surface area contributed by atoms with Gasteiger partial charge < -0.3 is 10.5 Å². The molecule has 0 aromatic rings. The summed E-state index contributed by atoms with van der Waals surface area (Å²) in [4.78, 5) is 2.28. The standard InChI is InChI=1S/C14H29N3O3S/c1-5-20-12-10-14(15,13(12,2)3)11-16-6-8-17(9-7-16)21(4,18)19/h12H,5-11,15H2,1-4H3. The van der Waals surface area contributed by atoms with Gasteiger partial charge in [-0.15, -0.1) is 0 Å². The van der Waals surface area contributed by atoms with Crippen molar-refractivity contribution in [2.75, 3.05) is 45.6 Å². The Bertz CT molecular complexity index is 472. The topological polar surface area (TPSA) is 75.9 Å². The molecule has 124 valence electrons. The van der Waals surface area contributed by atoms with Crippen molar-refractivity contribution in [2.24, 2.45) is 11.1 Å². The van der Waals surface area contributed by atoms with Crippen molar-refractivity contribution in [3.05, 3.63) is 0 Å². The van der Waals surface area contributed by atoms with E-state index in [0.717, 1.165) is 32.7 Å². The van der Waals surface area contributed by atoms with Crippen LogP contribution in [0.25, 0.3) is 0 Å². The Balaban J connectivity index is 1.90. The Morgan fingerprint density at radius 2 is 1.81 bits per heavy atom. The number of hydrogen-bond acceptors (Lipinski definition) is 5. The Kier molecular flexibility index (Phi) is 4.71. The molecule has 0 spiro atoms. The highest BCUT2D eigenvalue weighted by molar-refractivity contribution is 7.88. The van der Waals surface area contributed by atoms with E-state index in [1.807, 2.05) is 6.92 Å². The van der Waals surface area contributed by atoms with Gasteiger partial charge in [0.25, 0.3) is 0 Å². The smallest absolute Gasteiger partial charge is 0.211 e. The first-order valence-electron chi connectivity index (χ1n) is 7.68. The minimum atomic E-state index is -3.07. The van der Waals surface area contributed by atoms with Crippen LogP contribution in [0.4, 0.5) is 0 Å². The Hall–Kier alpha value is -0.210. The lowest BCUT2D eigenvalue weighted by atomic mass is 9.54. The van der Waals surface area contributed by atoms with E-state index < -0.39 is 10.0 Å². The van der Waals surface area contributed by atoms with E-state index in [9.17, 15) is 8.42 Å². The monoisotopic (exact) mass is 319 g/mol. The maximum Gasteiger partial charge on any atom is 0.211 e. The summed E-state index contributed by atoms with van der Waals surface area (Å²) in [6, 6.07) is 0. The third-order valence-corrected chi connectivity index (χ3v) is 6.61. The highest BCUT2D eigenvalue weighted by atomic mass is 32.2. The Morgan fingerprint density at radius 1 is 1.24 bits per heavy atom. The van der Waals surface area contributed by atoms with Crippen LogP contribution in [0, 0.1) is 5.41 Å². The first-order valence-corrected chi connectivity index (χ1v) is 9.53. The first kappa shape index (κ1) is 17.1. The predicted octanol–water partition coefficient (Wildman–Crippen LogP) is 0.0961. The van der Waals surface area contributed by atoms with Crippen molar-refractivity contribution >= 4 is 10.0 Å². The van der Waals surface area contributed by atoms with E-state index in [0.29, 0.717) is 13.1 Å². The van der Waals surface area contributed by atoms with Crippen LogP contribution in [0.3, 0.4) is 0 Å². The van der Waals surface area contributed by atoms with Crippen molar-refractivity contribution < 1.29 is 13.2 Å². The second kappa shape index (κ2) is 5.77. The van der Waals surface area contributed by atoms with Gasteiger partial charge >= 0.3 is 0 Å². The SMILES string of the molecule is CCOC1CC(N)(CN2CCN(S(C)(=O)=O)CC2)C1(C)C. The Labute approximate surface area is 128 Å². The number of nitrogens with zero attached hydrogens (tertiary/aromatic N) is 2. The highest BCUT2D eigenvalue weighted by Crippen LogP contribution is 2.50. The van der Waals surface area contributed by atoms with Crippen LogP contribution < -0.4 is 5.73 Å². The fraction of sp³-hybridized carbons (Fsp3) is 1.00. The second-order valence-corrected chi connectivity index (χ2v) is 8.95. The summed E-state index contributed by atoms with van der Waals surface area (Å²) in [5.41, 5.74) is 6.30. The van der Waals surface area contributed by atoms with E-state index >= 15 is 0 Å². The molecule has 2 fully saturated rings. The van der Waals surface area contributed by atoms with E-state index in [1.165, 1.54) is 6.26 Å². The van der Waals surface area contributed by atoms with Gasteiger partial charge in [0, 0.05) is 50.3 Å². The molecular weight excluding hydrogens is 290 g/mol. The lowest BCUT2D eigenvalue weighted by molar-refractivity contribution is -0.157. The molecule has 6 nitrogen and oxygen atoms in total. The number of nitrogens with two attached hydrogens (primary N) is 1. The highest BCUT2D eigenvalue weighted by Gasteiger charge is 2.58. The van der Waals surface area contributed by atoms with Gasteiger partial charge in [0.2, 0.25) is 10.0 Å². The summed E-state index contributed by atoms with van der Waals surface area (Å²) in [5.74, 6) is 0. The minimum Gasteiger partial charge on any atom is -0.378 e. The normalized spacial score (nSPS) is 34.6. The van der Waals surface area contributed by atoms with Gasteiger partial charge in [-0.3, -0.25) is 4.90 Å². The number of piperazine rings is 1. The van der Waals surface area contributed by atoms with Gasteiger partial charge in [0.15, 0.2) is 0 Å². The average Bonchev–Trinajstić information content (AvgIpc) is 2.38. The maximum absolute atomic E-state index is 11.5. The fourth-order valence-corrected chi connectivity index (χ4v) is 4.22. The summed E-state index contributed by atoms with van der Waals surface area (Å²) < 4.78 is 30.4. The van der Waals surface area contributed by atoms with E-state index in [1.54, 1.807) is 4.31 Å². The molecule has 7 heteroatoms. The third kappa shape index (κ3) is 3.27. The molecule has 2 unspecified atom stereocenters. The fourth-order valence-electron chi connectivity index (χ4n) is 3.39. The van der Waals surface area contributed by atoms with Gasteiger partial charge in [0.1, 0.15) is 0 Å². The van der Waals surface area contributed by atoms with Gasteiger partial charge in [-0.25, -0.2) is 8.42 Å². The van der Waals surface area contributed by atoms with Crippen LogP contribution in [0.1, 0.15) is 27.2 Å². The first-order chi connectivity index (χ1) is 9.60. The molecule has 1 saturated heterocycles. The molecule has 21 heavy (non-hydrogen) atoms. The lowest BCUT2D eigenvalue weighted by Gasteiger charge is -2.60. The van der Waals surface area contributed by atoms with Gasteiger partial charge in [0.05, 0.1) is 12.4 Å². The number of sulfonamides is 1. The Morgan fingerprint density at radius 3 is 2.24 bits per heavy atom. The molecule has 0 radical (unpaired) electrons. The summed E-state index contributed by atoms with van der Waals surface area (Å²) in [5, 5.41) is 0. The van der Waals surface area contributed by atoms with E-state index in [4.69, 9.17) is 10.5 Å². The average molecular weight is 319 g/mol. The molecule has 2 aliphatic rings. The van der Waals surface area contributed by atoms with Crippen LogP contribution in [-0.4, -0.2) is 74.9 Å². The lowest BCUT2D eigenvalue weighted by Crippen LogP contribution is -2.74. The molecular formula is C14H29N3O3S. The molecule has 2 N–H and O–H groups in total. The van der Waals surface area contributed by atoms with Crippen molar-refractivity contribution in [1.82, 2.24) is 9.21 Å². The van der Waals surface area contributed by atoms with Crippen molar-refractivity contribution in [1.29, 1.82) is 0 Å². The number of ether oxygens (including phenoxy) is 1. The van der Waals surface area contributed by atoms with Gasteiger partial charge in [-0.05, 0) is 13.3 Å². The largest absolute Gasteiger partial charge is 0.378 e. The zero-order valence-corrected chi connectivity index (χ0v) is 14.4. The third-order valence-electron chi connectivity index (χ3n) is 5.31. The minimum absolute atomic E-state index is 0.0447. The van der Waals surface area contributed by atoms with Crippen LogP contribution in [0.5, 0.6) is 0 Å². The molecule has 0 aromatic carbocycles. The van der Waals surface area contributed by atoms with Crippen LogP contribution in [0.15, 0.2) is 0 Å². The molecule has 1 heterocycles. The second-order valence-electron chi connectivity index (χ2n) is 6.96. The molecule has 0 aromatic heterocycles. The zero-order valence-electron chi connectivity index (χ0n) is 13.6. The van der Waals surface area contributed by atoms with Crippen molar-refractivity contribution in [2.45, 2.75) is 38.8 Å². The van der Waals surface area contributed by atoms with Gasteiger partial charge in [-0.2, -0.15) is 4.31 Å². The predicted molar refractivity (Wildman–Crippen MR) is 83.6 cm³/mol. The number of rotatable bonds is 5. The van der Waals surface area contributed by atoms with Crippen LogP contribution in [0.2, 0.25) is 0 Å². The molecule has 2 rings (SSSR count). The quantitative estimate of drug-likeness (QED) is 0.777. The zero-order chi connectivity index (χ0) is 15.9. The summed E-state index contributed by atoms with van der Waals surface area (Å²) in [6.45, 7) is 10.5.